The lowest BCUT2D eigenvalue weighted by molar-refractivity contribution is -0.136. The second-order valence-corrected chi connectivity index (χ2v) is 9.36. The highest BCUT2D eigenvalue weighted by atomic mass is 19.1. The van der Waals surface area contributed by atoms with Crippen molar-refractivity contribution in [2.45, 2.75) is 50.5 Å². The Labute approximate surface area is 205 Å². The highest BCUT2D eigenvalue weighted by Gasteiger charge is 2.45. The van der Waals surface area contributed by atoms with Crippen LogP contribution >= 0.6 is 0 Å². The van der Waals surface area contributed by atoms with E-state index in [1.54, 1.807) is 12.3 Å². The molecule has 1 saturated carbocycles. The Morgan fingerprint density at radius 3 is 2.56 bits per heavy atom. The van der Waals surface area contributed by atoms with Gasteiger partial charge in [0, 0.05) is 17.8 Å². The number of nitrogens with one attached hydrogen (secondary N) is 1. The molecule has 2 fully saturated rings. The minimum atomic E-state index is -0.982. The molecule has 3 heterocycles. The van der Waals surface area contributed by atoms with Crippen LogP contribution in [0.5, 0.6) is 0 Å². The largest absolute Gasteiger partial charge is 0.389 e. The van der Waals surface area contributed by atoms with Crippen molar-refractivity contribution in [1.29, 1.82) is 0 Å². The maximum absolute atomic E-state index is 14.5. The van der Waals surface area contributed by atoms with Crippen LogP contribution in [-0.4, -0.2) is 39.2 Å². The van der Waals surface area contributed by atoms with Crippen molar-refractivity contribution in [2.24, 2.45) is 11.7 Å². The number of carbonyl (C=O) groups is 1. The quantitative estimate of drug-likeness (QED) is 0.490. The third-order valence-electron chi connectivity index (χ3n) is 6.62. The fraction of sp³-hybridized carbons (Fsp3) is 0.346. The maximum Gasteiger partial charge on any atom is 0.274 e. The molecule has 36 heavy (non-hydrogen) atoms. The second-order valence-electron chi connectivity index (χ2n) is 9.36. The van der Waals surface area contributed by atoms with Gasteiger partial charge in [-0.2, -0.15) is 0 Å². The summed E-state index contributed by atoms with van der Waals surface area (Å²) in [6.45, 7) is 1.51. The number of hydrogen-bond acceptors (Lipinski definition) is 6. The second kappa shape index (κ2) is 9.61. The van der Waals surface area contributed by atoms with Gasteiger partial charge in [-0.05, 0) is 68.0 Å². The topological polar surface area (TPSA) is 110 Å². The molecule has 10 heteroatoms. The van der Waals surface area contributed by atoms with E-state index >= 15 is 0 Å². The molecule has 3 aromatic rings. The predicted octanol–water partition coefficient (Wildman–Crippen LogP) is 4.05. The number of ether oxygens (including phenoxy) is 1. The molecular weight excluding hydrogens is 473 g/mol. The minimum Gasteiger partial charge on any atom is -0.389 e. The first-order valence-electron chi connectivity index (χ1n) is 11.7. The first-order chi connectivity index (χ1) is 17.2. The fourth-order valence-corrected chi connectivity index (χ4v) is 4.62. The molecule has 4 N–H and O–H groups in total. The van der Waals surface area contributed by atoms with Gasteiger partial charge in [-0.3, -0.25) is 9.78 Å². The minimum absolute atomic E-state index is 0.242. The Balaban J connectivity index is 1.42. The molecule has 1 amide bonds. The van der Waals surface area contributed by atoms with E-state index in [9.17, 15) is 23.1 Å². The zero-order chi connectivity index (χ0) is 25.6. The molecule has 2 aromatic heterocycles. The first-order valence-corrected chi connectivity index (χ1v) is 11.7. The van der Waals surface area contributed by atoms with Crippen molar-refractivity contribution < 1.29 is 27.8 Å². The van der Waals surface area contributed by atoms with Gasteiger partial charge in [-0.25, -0.2) is 18.2 Å². The van der Waals surface area contributed by atoms with E-state index in [1.165, 1.54) is 13.1 Å². The van der Waals surface area contributed by atoms with Gasteiger partial charge in [0.2, 0.25) is 0 Å². The van der Waals surface area contributed by atoms with Crippen LogP contribution in [0, 0.1) is 30.3 Å². The lowest BCUT2D eigenvalue weighted by Crippen LogP contribution is -2.50. The Hall–Kier alpha value is -3.34. The van der Waals surface area contributed by atoms with Crippen molar-refractivity contribution in [3.8, 4) is 11.3 Å². The van der Waals surface area contributed by atoms with Crippen molar-refractivity contribution in [1.82, 2.24) is 9.97 Å². The first kappa shape index (κ1) is 24.4. The van der Waals surface area contributed by atoms with E-state index in [-0.39, 0.29) is 11.6 Å². The number of carbonyl (C=O) groups excluding carboxylic acids is 1. The summed E-state index contributed by atoms with van der Waals surface area (Å²) in [5.74, 6) is -3.41. The number of hydrogen-bond donors (Lipinski definition) is 3. The summed E-state index contributed by atoms with van der Waals surface area (Å²) in [4.78, 5) is 21.0. The highest BCUT2D eigenvalue weighted by molar-refractivity contribution is 6.03. The zero-order valence-corrected chi connectivity index (χ0v) is 19.4. The van der Waals surface area contributed by atoms with Crippen LogP contribution in [0.25, 0.3) is 11.3 Å². The van der Waals surface area contributed by atoms with Gasteiger partial charge < -0.3 is 20.9 Å². The van der Waals surface area contributed by atoms with Crippen LogP contribution in [0.1, 0.15) is 47.0 Å². The van der Waals surface area contributed by atoms with Gasteiger partial charge in [0.25, 0.3) is 5.91 Å². The molecule has 0 spiro atoms. The van der Waals surface area contributed by atoms with Crippen molar-refractivity contribution in [2.75, 3.05) is 5.32 Å². The van der Waals surface area contributed by atoms with Gasteiger partial charge in [0.1, 0.15) is 28.8 Å². The molecule has 2 aliphatic rings. The molecule has 1 aliphatic carbocycles. The number of halogens is 3. The number of nitrogens with two attached hydrogens (primary N) is 1. The summed E-state index contributed by atoms with van der Waals surface area (Å²) >= 11 is 0. The van der Waals surface area contributed by atoms with Gasteiger partial charge in [0.05, 0.1) is 35.8 Å². The molecule has 7 nitrogen and oxygen atoms in total. The number of aromatic nitrogens is 2. The molecule has 1 aromatic carbocycles. The molecule has 0 radical (unpaired) electrons. The monoisotopic (exact) mass is 498 g/mol. The van der Waals surface area contributed by atoms with Crippen LogP contribution in [0.4, 0.5) is 18.9 Å². The SMILES string of the molecule is Cc1cc(F)c(-c2nc(C(=O)Nc3cnccc3[C@@H]3C[C@H](N)[C@@H](O)[C@H](C4CC4)O3)ccc2F)c(F)c1. The number of rotatable bonds is 5. The van der Waals surface area contributed by atoms with Gasteiger partial charge in [0.15, 0.2) is 0 Å². The summed E-state index contributed by atoms with van der Waals surface area (Å²) < 4.78 is 49.6. The summed E-state index contributed by atoms with van der Waals surface area (Å²) in [6, 6.07) is 5.39. The zero-order valence-electron chi connectivity index (χ0n) is 19.4. The van der Waals surface area contributed by atoms with Crippen LogP contribution in [-0.2, 0) is 4.74 Å². The molecule has 0 bridgehead atoms. The molecule has 1 saturated heterocycles. The van der Waals surface area contributed by atoms with Crippen molar-refractivity contribution in [3.05, 3.63) is 77.0 Å². The van der Waals surface area contributed by atoms with E-state index in [2.05, 4.69) is 15.3 Å². The molecule has 5 rings (SSSR count). The number of aliphatic hydroxyl groups excluding tert-OH is 1. The number of aryl methyl sites for hydroxylation is 1. The number of pyridine rings is 2. The van der Waals surface area contributed by atoms with Gasteiger partial charge in [-0.1, -0.05) is 0 Å². The molecule has 1 aliphatic heterocycles. The van der Waals surface area contributed by atoms with E-state index in [4.69, 9.17) is 10.5 Å². The standard InChI is InChI=1S/C26H25F3N4O3/c1-12-8-16(28)22(17(29)9-12)23-15(27)4-5-19(32-23)26(35)33-20-11-31-7-6-14(20)21-10-18(30)24(34)25(36-21)13-2-3-13/h4-9,11,13,18,21,24-25,34H,2-3,10,30H2,1H3,(H,33,35)/t18-,21-,24+,25-/m0/s1. The van der Waals surface area contributed by atoms with Crippen molar-refractivity contribution in [3.63, 3.8) is 0 Å². The fourth-order valence-electron chi connectivity index (χ4n) is 4.62. The third kappa shape index (κ3) is 4.71. The number of amides is 1. The highest BCUT2D eigenvalue weighted by Crippen LogP contribution is 2.43. The normalized spacial score (nSPS) is 23.9. The van der Waals surface area contributed by atoms with E-state index in [0.717, 1.165) is 37.1 Å². The number of benzene rings is 1. The average Bonchev–Trinajstić information content (AvgIpc) is 3.67. The number of aliphatic hydroxyl groups is 1. The Kier molecular flexibility index (Phi) is 6.50. The van der Waals surface area contributed by atoms with Crippen LogP contribution < -0.4 is 11.1 Å². The smallest absolute Gasteiger partial charge is 0.274 e. The lowest BCUT2D eigenvalue weighted by Gasteiger charge is -2.38. The summed E-state index contributed by atoms with van der Waals surface area (Å²) in [7, 11) is 0. The Bertz CT molecular complexity index is 1290. The van der Waals surface area contributed by atoms with Crippen LogP contribution in [0.2, 0.25) is 0 Å². The summed E-state index contributed by atoms with van der Waals surface area (Å²) in [5, 5.41) is 13.1. The van der Waals surface area contributed by atoms with E-state index in [1.807, 2.05) is 0 Å². The number of nitrogens with zero attached hydrogens (tertiary/aromatic N) is 2. The molecule has 0 unspecified atom stereocenters. The van der Waals surface area contributed by atoms with Crippen LogP contribution in [0.15, 0.2) is 42.7 Å². The van der Waals surface area contributed by atoms with Crippen LogP contribution in [0.3, 0.4) is 0 Å². The maximum atomic E-state index is 14.5. The lowest BCUT2D eigenvalue weighted by atomic mass is 9.90. The Morgan fingerprint density at radius 2 is 1.86 bits per heavy atom. The average molecular weight is 499 g/mol. The Morgan fingerprint density at radius 1 is 1.14 bits per heavy atom. The molecule has 188 valence electrons. The predicted molar refractivity (Wildman–Crippen MR) is 125 cm³/mol. The molecule has 4 atom stereocenters. The summed E-state index contributed by atoms with van der Waals surface area (Å²) in [6.07, 6.45) is 3.59. The van der Waals surface area contributed by atoms with Crippen molar-refractivity contribution >= 4 is 11.6 Å². The number of anilines is 1. The van der Waals surface area contributed by atoms with Gasteiger partial charge in [-0.15, -0.1) is 0 Å². The van der Waals surface area contributed by atoms with E-state index in [0.29, 0.717) is 23.2 Å². The van der Waals surface area contributed by atoms with E-state index < -0.39 is 59.0 Å². The van der Waals surface area contributed by atoms with Gasteiger partial charge >= 0.3 is 0 Å². The molecular formula is C26H25F3N4O3. The summed E-state index contributed by atoms with van der Waals surface area (Å²) in [5.41, 5.74) is 5.96. The third-order valence-corrected chi connectivity index (χ3v) is 6.62.